The number of pyridine rings is 1. The van der Waals surface area contributed by atoms with Crippen LogP contribution >= 0.6 is 11.8 Å². The van der Waals surface area contributed by atoms with Crippen molar-refractivity contribution in [3.63, 3.8) is 0 Å². The van der Waals surface area contributed by atoms with Gasteiger partial charge in [-0.15, -0.1) is 11.8 Å². The third kappa shape index (κ3) is 3.62. The molecule has 2 rings (SSSR count). The van der Waals surface area contributed by atoms with Crippen LogP contribution in [0.25, 0.3) is 0 Å². The molecule has 104 valence electrons. The Hall–Kier alpha value is -1.24. The van der Waals surface area contributed by atoms with Gasteiger partial charge in [0.15, 0.2) is 0 Å². The van der Waals surface area contributed by atoms with Gasteiger partial charge in [0.1, 0.15) is 10.6 Å². The molecule has 0 atom stereocenters. The van der Waals surface area contributed by atoms with Crippen molar-refractivity contribution in [3.8, 4) is 0 Å². The third-order valence-corrected chi connectivity index (χ3v) is 3.58. The maximum atomic E-state index is 12.8. The van der Waals surface area contributed by atoms with Crippen LogP contribution in [0.5, 0.6) is 0 Å². The first kappa shape index (κ1) is 14.2. The molecule has 0 fully saturated rings. The van der Waals surface area contributed by atoms with E-state index in [0.717, 1.165) is 12.3 Å². The van der Waals surface area contributed by atoms with Gasteiger partial charge in [-0.2, -0.15) is 13.2 Å². The van der Waals surface area contributed by atoms with Crippen molar-refractivity contribution < 1.29 is 18.0 Å². The van der Waals surface area contributed by atoms with Crippen LogP contribution < -0.4 is 0 Å². The molecule has 0 aromatic carbocycles. The van der Waals surface area contributed by atoms with Gasteiger partial charge in [0, 0.05) is 24.6 Å². The lowest BCUT2D eigenvalue weighted by Crippen LogP contribution is -2.18. The molecule has 0 saturated heterocycles. The zero-order chi connectivity index (χ0) is 14.1. The number of alkyl halides is 3. The molecule has 0 spiro atoms. The van der Waals surface area contributed by atoms with Crippen LogP contribution in [0.15, 0.2) is 23.6 Å². The van der Waals surface area contributed by atoms with E-state index >= 15 is 0 Å². The third-order valence-electron chi connectivity index (χ3n) is 2.57. The number of nitrogens with zero attached hydrogens (tertiary/aromatic N) is 2. The monoisotopic (exact) mass is 290 g/mol. The first-order valence-corrected chi connectivity index (χ1v) is 6.64. The normalized spacial score (nSPS) is 18.1. The largest absolute Gasteiger partial charge is 0.416 e. The number of oxime groups is 1. The van der Waals surface area contributed by atoms with Crippen molar-refractivity contribution in [1.82, 2.24) is 4.98 Å². The summed E-state index contributed by atoms with van der Waals surface area (Å²) in [6.07, 6.45) is -1.35. The van der Waals surface area contributed by atoms with E-state index in [1.807, 2.05) is 13.8 Å². The molecular formula is C12H13F3N2OS. The molecule has 2 heterocycles. The van der Waals surface area contributed by atoms with Crippen LogP contribution in [-0.2, 0) is 16.8 Å². The van der Waals surface area contributed by atoms with Gasteiger partial charge in [0.2, 0.25) is 0 Å². The number of aromatic nitrogens is 1. The predicted octanol–water partition coefficient (Wildman–Crippen LogP) is 3.85. The fourth-order valence-corrected chi connectivity index (χ4v) is 2.75. The van der Waals surface area contributed by atoms with Gasteiger partial charge < -0.3 is 4.84 Å². The summed E-state index contributed by atoms with van der Waals surface area (Å²) in [4.78, 5) is 8.92. The van der Waals surface area contributed by atoms with E-state index in [4.69, 9.17) is 4.84 Å². The van der Waals surface area contributed by atoms with Crippen LogP contribution in [0, 0.1) is 0 Å². The summed E-state index contributed by atoms with van der Waals surface area (Å²) >= 11 is 1.25. The van der Waals surface area contributed by atoms with Gasteiger partial charge in [-0.25, -0.2) is 0 Å². The second-order valence-electron chi connectivity index (χ2n) is 4.83. The summed E-state index contributed by atoms with van der Waals surface area (Å²) in [6, 6.07) is 0.993. The molecular weight excluding hydrogens is 277 g/mol. The molecule has 0 amide bonds. The zero-order valence-electron chi connectivity index (χ0n) is 10.5. The highest BCUT2D eigenvalue weighted by atomic mass is 32.2. The molecule has 3 nitrogen and oxygen atoms in total. The van der Waals surface area contributed by atoms with Gasteiger partial charge in [0.05, 0.1) is 5.56 Å². The topological polar surface area (TPSA) is 34.5 Å². The molecule has 1 aromatic rings. The standard InChI is InChI=1S/C12H13F3N2OS/c1-11(2)5-10(17-18-11)19-7-8-6-16-4-3-9(8)12(13,14)15/h3-4,6H,5,7H2,1-2H3. The van der Waals surface area contributed by atoms with E-state index in [9.17, 15) is 13.2 Å². The van der Waals surface area contributed by atoms with E-state index in [1.165, 1.54) is 18.0 Å². The minimum absolute atomic E-state index is 0.160. The van der Waals surface area contributed by atoms with Gasteiger partial charge in [0.25, 0.3) is 0 Å². The summed E-state index contributed by atoms with van der Waals surface area (Å²) in [5.41, 5.74) is -0.856. The molecule has 0 bridgehead atoms. The number of thioether (sulfide) groups is 1. The Morgan fingerprint density at radius 1 is 1.42 bits per heavy atom. The predicted molar refractivity (Wildman–Crippen MR) is 67.8 cm³/mol. The Bertz CT molecular complexity index is 500. The summed E-state index contributed by atoms with van der Waals surface area (Å²) in [6.45, 7) is 3.77. The van der Waals surface area contributed by atoms with Crippen molar-refractivity contribution in [2.24, 2.45) is 5.16 Å². The van der Waals surface area contributed by atoms with Gasteiger partial charge in [-0.05, 0) is 25.5 Å². The van der Waals surface area contributed by atoms with Crippen LogP contribution in [-0.4, -0.2) is 15.6 Å². The highest BCUT2D eigenvalue weighted by Crippen LogP contribution is 2.34. The molecule has 0 saturated carbocycles. The van der Waals surface area contributed by atoms with Crippen LogP contribution in [0.1, 0.15) is 31.4 Å². The summed E-state index contributed by atoms with van der Waals surface area (Å²) in [7, 11) is 0. The second-order valence-corrected chi connectivity index (χ2v) is 5.88. The van der Waals surface area contributed by atoms with E-state index in [-0.39, 0.29) is 16.9 Å². The minimum Gasteiger partial charge on any atom is -0.389 e. The Kier molecular flexibility index (Phi) is 3.75. The molecule has 1 aliphatic rings. The van der Waals surface area contributed by atoms with Crippen LogP contribution in [0.2, 0.25) is 0 Å². The van der Waals surface area contributed by atoms with Gasteiger partial charge in [-0.3, -0.25) is 4.98 Å². The SMILES string of the molecule is CC1(C)CC(SCc2cnccc2C(F)(F)F)=NO1. The van der Waals surface area contributed by atoms with Crippen molar-refractivity contribution in [3.05, 3.63) is 29.6 Å². The number of rotatable bonds is 2. The molecule has 0 aliphatic carbocycles. The quantitative estimate of drug-likeness (QED) is 0.830. The summed E-state index contributed by atoms with van der Waals surface area (Å²) in [5, 5.41) is 4.58. The van der Waals surface area contributed by atoms with Crippen LogP contribution in [0.3, 0.4) is 0 Å². The molecule has 1 aliphatic heterocycles. The lowest BCUT2D eigenvalue weighted by Gasteiger charge is -2.13. The highest BCUT2D eigenvalue weighted by Gasteiger charge is 2.34. The number of hydrogen-bond donors (Lipinski definition) is 0. The number of halogens is 3. The van der Waals surface area contributed by atoms with E-state index in [2.05, 4.69) is 10.1 Å². The first-order chi connectivity index (χ1) is 8.78. The fraction of sp³-hybridized carbons (Fsp3) is 0.500. The Morgan fingerprint density at radius 3 is 2.74 bits per heavy atom. The van der Waals surface area contributed by atoms with Crippen molar-refractivity contribution >= 4 is 16.8 Å². The molecule has 19 heavy (non-hydrogen) atoms. The van der Waals surface area contributed by atoms with E-state index < -0.39 is 11.7 Å². The van der Waals surface area contributed by atoms with Crippen molar-refractivity contribution in [2.45, 2.75) is 37.8 Å². The Labute approximate surface area is 113 Å². The maximum Gasteiger partial charge on any atom is 0.416 e. The Balaban J connectivity index is 2.05. The van der Waals surface area contributed by atoms with Crippen LogP contribution in [0.4, 0.5) is 13.2 Å². The Morgan fingerprint density at radius 2 is 2.16 bits per heavy atom. The summed E-state index contributed by atoms with van der Waals surface area (Å²) < 4.78 is 38.3. The lowest BCUT2D eigenvalue weighted by molar-refractivity contribution is -0.138. The molecule has 7 heteroatoms. The average molecular weight is 290 g/mol. The number of hydrogen-bond acceptors (Lipinski definition) is 4. The van der Waals surface area contributed by atoms with Gasteiger partial charge >= 0.3 is 6.18 Å². The smallest absolute Gasteiger partial charge is 0.389 e. The van der Waals surface area contributed by atoms with Crippen molar-refractivity contribution in [2.75, 3.05) is 0 Å². The summed E-state index contributed by atoms with van der Waals surface area (Å²) in [5.74, 6) is 0.182. The minimum atomic E-state index is -4.36. The average Bonchev–Trinajstić information content (AvgIpc) is 2.66. The maximum absolute atomic E-state index is 12.8. The first-order valence-electron chi connectivity index (χ1n) is 5.66. The lowest BCUT2D eigenvalue weighted by atomic mass is 10.1. The van der Waals surface area contributed by atoms with Gasteiger partial charge in [-0.1, -0.05) is 5.16 Å². The molecule has 0 radical (unpaired) electrons. The highest BCUT2D eigenvalue weighted by molar-refractivity contribution is 8.13. The molecule has 0 unspecified atom stereocenters. The van der Waals surface area contributed by atoms with E-state index in [0.29, 0.717) is 11.5 Å². The zero-order valence-corrected chi connectivity index (χ0v) is 11.3. The van der Waals surface area contributed by atoms with E-state index in [1.54, 1.807) is 0 Å². The fourth-order valence-electron chi connectivity index (χ4n) is 1.66. The van der Waals surface area contributed by atoms with Crippen molar-refractivity contribution in [1.29, 1.82) is 0 Å². The molecule has 1 aromatic heterocycles. The molecule has 0 N–H and O–H groups in total. The second kappa shape index (κ2) is 5.03.